The normalized spacial score (nSPS) is 17.1. The Bertz CT molecular complexity index is 727. The Morgan fingerprint density at radius 3 is 2.50 bits per heavy atom. The number of phenolic OH excluding ortho intramolecular Hbond substituents is 1. The van der Waals surface area contributed by atoms with Crippen LogP contribution < -0.4 is 10.5 Å². The van der Waals surface area contributed by atoms with Crippen molar-refractivity contribution in [2.75, 3.05) is 0 Å². The number of nitrogens with zero attached hydrogens (tertiary/aromatic N) is 1. The molecule has 98 valence electrons. The Labute approximate surface area is 116 Å². The van der Waals surface area contributed by atoms with Gasteiger partial charge in [-0.3, -0.25) is 0 Å². The van der Waals surface area contributed by atoms with Crippen LogP contribution in [0.2, 0.25) is 0 Å². The van der Waals surface area contributed by atoms with E-state index in [2.05, 4.69) is 6.07 Å². The Hall–Kier alpha value is -2.93. The molecule has 4 nitrogen and oxygen atoms in total. The molecule has 1 aliphatic rings. The van der Waals surface area contributed by atoms with Gasteiger partial charge in [-0.2, -0.15) is 5.26 Å². The molecule has 0 spiro atoms. The molecule has 0 aliphatic carbocycles. The number of hydrogen-bond donors (Lipinski definition) is 2. The minimum atomic E-state index is -0.273. The van der Waals surface area contributed by atoms with Gasteiger partial charge in [0.05, 0.1) is 5.92 Å². The van der Waals surface area contributed by atoms with E-state index in [1.54, 1.807) is 24.3 Å². The molecule has 2 aromatic rings. The van der Waals surface area contributed by atoms with Crippen molar-refractivity contribution in [2.45, 2.75) is 5.92 Å². The van der Waals surface area contributed by atoms with E-state index >= 15 is 0 Å². The van der Waals surface area contributed by atoms with Gasteiger partial charge < -0.3 is 15.6 Å². The molecular formula is C16H12N2O2. The Kier molecular flexibility index (Phi) is 2.81. The molecule has 1 atom stereocenters. The lowest BCUT2D eigenvalue weighted by Crippen LogP contribution is -2.20. The Morgan fingerprint density at radius 1 is 1.10 bits per heavy atom. The zero-order valence-corrected chi connectivity index (χ0v) is 10.6. The Morgan fingerprint density at radius 2 is 1.80 bits per heavy atom. The summed E-state index contributed by atoms with van der Waals surface area (Å²) in [4.78, 5) is 0. The number of para-hydroxylation sites is 1. The first-order valence-corrected chi connectivity index (χ1v) is 6.16. The fourth-order valence-electron chi connectivity index (χ4n) is 2.42. The molecule has 3 N–H and O–H groups in total. The fraction of sp³-hybridized carbons (Fsp3) is 0.0625. The number of fused-ring (bicyclic) bond motifs is 1. The number of allylic oxidation sites excluding steroid dienone is 1. The van der Waals surface area contributed by atoms with Crippen molar-refractivity contribution in [3.63, 3.8) is 0 Å². The Balaban J connectivity index is 2.20. The van der Waals surface area contributed by atoms with Gasteiger partial charge in [-0.05, 0) is 23.8 Å². The summed E-state index contributed by atoms with van der Waals surface area (Å²) in [6.07, 6.45) is 0. The van der Waals surface area contributed by atoms with E-state index in [4.69, 9.17) is 10.5 Å². The van der Waals surface area contributed by atoms with Crippen LogP contribution in [0.15, 0.2) is 60.0 Å². The van der Waals surface area contributed by atoms with Crippen molar-refractivity contribution in [1.82, 2.24) is 0 Å². The van der Waals surface area contributed by atoms with Gasteiger partial charge >= 0.3 is 0 Å². The predicted octanol–water partition coefficient (Wildman–Crippen LogP) is 2.61. The van der Waals surface area contributed by atoms with Gasteiger partial charge in [0.2, 0.25) is 5.88 Å². The van der Waals surface area contributed by atoms with Crippen molar-refractivity contribution in [3.8, 4) is 17.6 Å². The fourth-order valence-corrected chi connectivity index (χ4v) is 2.42. The standard InChI is InChI=1S/C16H12N2O2/c17-9-13-15(10-5-7-11(19)8-6-10)12-3-1-2-4-14(12)20-16(13)18/h1-8,15,19H,18H2. The average molecular weight is 264 g/mol. The van der Waals surface area contributed by atoms with Gasteiger partial charge in [0.25, 0.3) is 0 Å². The average Bonchev–Trinajstić information content (AvgIpc) is 2.47. The molecule has 0 aromatic heterocycles. The van der Waals surface area contributed by atoms with E-state index in [9.17, 15) is 10.4 Å². The minimum absolute atomic E-state index is 0.129. The summed E-state index contributed by atoms with van der Waals surface area (Å²) in [5, 5.41) is 18.8. The van der Waals surface area contributed by atoms with Crippen LogP contribution in [0.3, 0.4) is 0 Å². The lowest BCUT2D eigenvalue weighted by Gasteiger charge is -2.26. The lowest BCUT2D eigenvalue weighted by molar-refractivity contribution is 0.393. The number of nitriles is 1. The van der Waals surface area contributed by atoms with Crippen molar-refractivity contribution in [2.24, 2.45) is 5.73 Å². The first kappa shape index (κ1) is 12.1. The van der Waals surface area contributed by atoms with Gasteiger partial charge in [-0.1, -0.05) is 30.3 Å². The van der Waals surface area contributed by atoms with Crippen LogP contribution in [-0.2, 0) is 0 Å². The van der Waals surface area contributed by atoms with Gasteiger partial charge in [0.15, 0.2) is 0 Å². The van der Waals surface area contributed by atoms with Crippen molar-refractivity contribution < 1.29 is 9.84 Å². The molecule has 2 aromatic carbocycles. The van der Waals surface area contributed by atoms with Gasteiger partial charge in [-0.15, -0.1) is 0 Å². The molecule has 0 bridgehead atoms. The third kappa shape index (κ3) is 1.86. The summed E-state index contributed by atoms with van der Waals surface area (Å²) >= 11 is 0. The maximum Gasteiger partial charge on any atom is 0.205 e. The molecule has 1 unspecified atom stereocenters. The van der Waals surface area contributed by atoms with Crippen molar-refractivity contribution in [3.05, 3.63) is 71.1 Å². The number of rotatable bonds is 1. The number of benzene rings is 2. The lowest BCUT2D eigenvalue weighted by atomic mass is 9.83. The molecule has 1 heterocycles. The summed E-state index contributed by atoms with van der Waals surface area (Å²) in [6, 6.07) is 16.4. The predicted molar refractivity (Wildman–Crippen MR) is 73.8 cm³/mol. The number of ether oxygens (including phenoxy) is 1. The molecule has 0 amide bonds. The summed E-state index contributed by atoms with van der Waals surface area (Å²) < 4.78 is 5.50. The van der Waals surface area contributed by atoms with Crippen LogP contribution in [-0.4, -0.2) is 5.11 Å². The third-order valence-electron chi connectivity index (χ3n) is 3.35. The van der Waals surface area contributed by atoms with Crippen LogP contribution in [0.4, 0.5) is 0 Å². The van der Waals surface area contributed by atoms with E-state index in [1.165, 1.54) is 0 Å². The zero-order valence-electron chi connectivity index (χ0n) is 10.6. The van der Waals surface area contributed by atoms with E-state index in [1.807, 2.05) is 24.3 Å². The maximum absolute atomic E-state index is 9.40. The molecular weight excluding hydrogens is 252 g/mol. The zero-order chi connectivity index (χ0) is 14.1. The molecule has 0 fully saturated rings. The monoisotopic (exact) mass is 264 g/mol. The van der Waals surface area contributed by atoms with Crippen LogP contribution in [0.1, 0.15) is 17.0 Å². The highest BCUT2D eigenvalue weighted by Crippen LogP contribution is 2.41. The van der Waals surface area contributed by atoms with Gasteiger partial charge in [0, 0.05) is 5.56 Å². The highest BCUT2D eigenvalue weighted by Gasteiger charge is 2.30. The van der Waals surface area contributed by atoms with E-state index in [0.717, 1.165) is 11.1 Å². The summed E-state index contributed by atoms with van der Waals surface area (Å²) in [6.45, 7) is 0. The molecule has 3 rings (SSSR count). The number of aromatic hydroxyl groups is 1. The third-order valence-corrected chi connectivity index (χ3v) is 3.35. The van der Waals surface area contributed by atoms with E-state index < -0.39 is 0 Å². The molecule has 4 heteroatoms. The van der Waals surface area contributed by atoms with Crippen LogP contribution in [0, 0.1) is 11.3 Å². The first-order chi connectivity index (χ1) is 9.70. The highest BCUT2D eigenvalue weighted by molar-refractivity contribution is 5.55. The summed E-state index contributed by atoms with van der Waals surface area (Å²) in [5.41, 5.74) is 8.01. The second-order valence-corrected chi connectivity index (χ2v) is 4.55. The SMILES string of the molecule is N#CC1=C(N)Oc2ccccc2C1c1ccc(O)cc1. The second-order valence-electron chi connectivity index (χ2n) is 4.55. The molecule has 0 saturated heterocycles. The quantitative estimate of drug-likeness (QED) is 0.829. The topological polar surface area (TPSA) is 79.3 Å². The number of hydrogen-bond acceptors (Lipinski definition) is 4. The number of nitrogens with two attached hydrogens (primary N) is 1. The molecule has 0 saturated carbocycles. The van der Waals surface area contributed by atoms with Crippen molar-refractivity contribution >= 4 is 0 Å². The maximum atomic E-state index is 9.40. The van der Waals surface area contributed by atoms with Crippen LogP contribution >= 0.6 is 0 Å². The summed E-state index contributed by atoms with van der Waals surface area (Å²) in [7, 11) is 0. The van der Waals surface area contributed by atoms with E-state index in [0.29, 0.717) is 11.3 Å². The van der Waals surface area contributed by atoms with Gasteiger partial charge in [-0.25, -0.2) is 0 Å². The molecule has 20 heavy (non-hydrogen) atoms. The summed E-state index contributed by atoms with van der Waals surface area (Å²) in [5.74, 6) is 0.696. The highest BCUT2D eigenvalue weighted by atomic mass is 16.5. The minimum Gasteiger partial charge on any atom is -0.508 e. The van der Waals surface area contributed by atoms with Crippen molar-refractivity contribution in [1.29, 1.82) is 5.26 Å². The second kappa shape index (κ2) is 4.63. The van der Waals surface area contributed by atoms with E-state index in [-0.39, 0.29) is 17.6 Å². The number of phenols is 1. The van der Waals surface area contributed by atoms with Gasteiger partial charge in [0.1, 0.15) is 23.1 Å². The molecule has 0 radical (unpaired) electrons. The largest absolute Gasteiger partial charge is 0.508 e. The smallest absolute Gasteiger partial charge is 0.205 e. The molecule has 1 aliphatic heterocycles. The van der Waals surface area contributed by atoms with Crippen LogP contribution in [0.25, 0.3) is 0 Å². The first-order valence-electron chi connectivity index (χ1n) is 6.16. The van der Waals surface area contributed by atoms with Crippen LogP contribution in [0.5, 0.6) is 11.5 Å².